The Morgan fingerprint density at radius 1 is 1.21 bits per heavy atom. The van der Waals surface area contributed by atoms with Crippen LogP contribution in [0.2, 0.25) is 0 Å². The molecule has 5 heteroatoms. The van der Waals surface area contributed by atoms with Crippen LogP contribution in [0.4, 0.5) is 14.5 Å². The van der Waals surface area contributed by atoms with Gasteiger partial charge in [0.2, 0.25) is 0 Å². The summed E-state index contributed by atoms with van der Waals surface area (Å²) in [6.45, 7) is 2.63. The molecule has 0 bridgehead atoms. The van der Waals surface area contributed by atoms with Crippen LogP contribution >= 0.6 is 0 Å². The SMILES string of the molecule is Cc1c(CCCC2CCC2)ccc(/C(=C\[CH-]O)c2ccc(F)cc2N)c1F.[U]. The molecular weight excluding hydrogens is 582 g/mol. The molecule has 0 aromatic heterocycles. The van der Waals surface area contributed by atoms with Crippen LogP contribution in [0, 0.1) is 62.2 Å². The van der Waals surface area contributed by atoms with Crippen molar-refractivity contribution in [3.63, 3.8) is 0 Å². The third-order valence-electron chi connectivity index (χ3n) is 5.62. The summed E-state index contributed by atoms with van der Waals surface area (Å²) >= 11 is 0. The third-order valence-corrected chi connectivity index (χ3v) is 5.62. The van der Waals surface area contributed by atoms with Crippen LogP contribution in [0.15, 0.2) is 36.4 Å². The van der Waals surface area contributed by atoms with Crippen LogP contribution < -0.4 is 5.73 Å². The van der Waals surface area contributed by atoms with Gasteiger partial charge in [-0.3, -0.25) is 0 Å². The maximum absolute atomic E-state index is 15.1. The van der Waals surface area contributed by atoms with E-state index in [1.54, 1.807) is 13.0 Å². The number of rotatable bonds is 7. The molecule has 0 saturated heterocycles. The van der Waals surface area contributed by atoms with E-state index < -0.39 is 5.82 Å². The molecular formula is C23H26F2NOU-. The zero-order chi connectivity index (χ0) is 19.4. The van der Waals surface area contributed by atoms with Crippen molar-refractivity contribution in [2.24, 2.45) is 5.92 Å². The third kappa shape index (κ3) is 5.20. The van der Waals surface area contributed by atoms with Crippen LogP contribution in [0.5, 0.6) is 0 Å². The summed E-state index contributed by atoms with van der Waals surface area (Å²) < 4.78 is 28.5. The first-order chi connectivity index (χ1) is 13.0. The fourth-order valence-electron chi connectivity index (χ4n) is 3.74. The molecule has 0 heterocycles. The van der Waals surface area contributed by atoms with Crippen LogP contribution in [0.3, 0.4) is 0 Å². The van der Waals surface area contributed by atoms with Crippen molar-refractivity contribution >= 4 is 11.3 Å². The summed E-state index contributed by atoms with van der Waals surface area (Å²) in [6.07, 6.45) is 8.54. The number of hydrogen-bond donors (Lipinski definition) is 2. The molecule has 148 valence electrons. The van der Waals surface area contributed by atoms with Gasteiger partial charge < -0.3 is 10.8 Å². The molecule has 2 nitrogen and oxygen atoms in total. The normalized spacial score (nSPS) is 14.4. The molecule has 1 fully saturated rings. The van der Waals surface area contributed by atoms with Crippen molar-refractivity contribution in [2.45, 2.75) is 45.4 Å². The quantitative estimate of drug-likeness (QED) is 0.302. The molecule has 0 spiro atoms. The van der Waals surface area contributed by atoms with E-state index in [1.165, 1.54) is 50.0 Å². The fraction of sp³-hybridized carbons (Fsp3) is 0.348. The molecule has 3 rings (SSSR count). The standard InChI is InChI=1S/C23H26F2NO.U/c1-15-17(7-3-6-16-4-2-5-16)8-10-21(23(15)25)19(12-13-27)20-11-9-18(24)14-22(20)26;/h8-14,16,27H,2-7,26H2,1H3;/q-1;/b19-12-;. The second-order valence-corrected chi connectivity index (χ2v) is 7.36. The largest absolute Gasteiger partial charge is 0.458 e. The van der Waals surface area contributed by atoms with Crippen LogP contribution in [-0.4, -0.2) is 5.11 Å². The Bertz CT molecular complexity index is 847. The summed E-state index contributed by atoms with van der Waals surface area (Å²) in [7, 11) is 0. The number of benzene rings is 2. The van der Waals surface area contributed by atoms with Gasteiger partial charge in [0.1, 0.15) is 11.6 Å². The minimum absolute atomic E-state index is 0. The molecule has 2 aromatic rings. The van der Waals surface area contributed by atoms with Gasteiger partial charge in [0.05, 0.1) is 0 Å². The predicted octanol–water partition coefficient (Wildman–Crippen LogP) is 5.94. The monoisotopic (exact) mass is 608 g/mol. The van der Waals surface area contributed by atoms with Crippen LogP contribution in [0.25, 0.3) is 5.57 Å². The fourth-order valence-corrected chi connectivity index (χ4v) is 3.74. The van der Waals surface area contributed by atoms with Gasteiger partial charge in [-0.15, -0.1) is 6.61 Å². The summed E-state index contributed by atoms with van der Waals surface area (Å²) in [5.74, 6) is 0.0699. The number of hydrogen-bond acceptors (Lipinski definition) is 2. The zero-order valence-corrected chi connectivity index (χ0v) is 20.3. The van der Waals surface area contributed by atoms with E-state index in [1.807, 2.05) is 6.07 Å². The number of nitrogen functional groups attached to an aromatic ring is 1. The van der Waals surface area contributed by atoms with Crippen molar-refractivity contribution in [3.05, 3.63) is 76.9 Å². The molecule has 0 atom stereocenters. The van der Waals surface area contributed by atoms with Crippen molar-refractivity contribution in [1.82, 2.24) is 0 Å². The maximum Gasteiger partial charge on any atom is 0.125 e. The van der Waals surface area contributed by atoms with Gasteiger partial charge in [0, 0.05) is 36.8 Å². The average molecular weight is 608 g/mol. The molecule has 3 N–H and O–H groups in total. The molecule has 0 aliphatic heterocycles. The van der Waals surface area contributed by atoms with Gasteiger partial charge in [-0.05, 0) is 48.9 Å². The summed E-state index contributed by atoms with van der Waals surface area (Å²) in [5.41, 5.74) is 9.00. The predicted molar refractivity (Wildman–Crippen MR) is 106 cm³/mol. The Morgan fingerprint density at radius 3 is 2.54 bits per heavy atom. The number of aryl methyl sites for hydroxylation is 1. The second kappa shape index (κ2) is 10.5. The summed E-state index contributed by atoms with van der Waals surface area (Å²) in [6, 6.07) is 7.64. The Kier molecular flexibility index (Phi) is 8.61. The number of aliphatic hydroxyl groups excluding tert-OH is 1. The first-order valence-corrected chi connectivity index (χ1v) is 9.52. The topological polar surface area (TPSA) is 46.2 Å². The number of halogens is 2. The van der Waals surface area contributed by atoms with Gasteiger partial charge in [0.15, 0.2) is 0 Å². The van der Waals surface area contributed by atoms with Gasteiger partial charge in [0.25, 0.3) is 0 Å². The first-order valence-electron chi connectivity index (χ1n) is 9.52. The Morgan fingerprint density at radius 2 is 1.93 bits per heavy atom. The molecule has 0 amide bonds. The number of nitrogens with two attached hydrogens (primary N) is 1. The Balaban J connectivity index is 0.00000280. The molecule has 1 aliphatic rings. The van der Waals surface area contributed by atoms with E-state index in [0.29, 0.717) is 22.3 Å². The maximum atomic E-state index is 15.1. The van der Waals surface area contributed by atoms with Crippen LogP contribution in [-0.2, 0) is 6.42 Å². The summed E-state index contributed by atoms with van der Waals surface area (Å²) in [4.78, 5) is 0. The zero-order valence-electron chi connectivity index (χ0n) is 16.1. The smallest absolute Gasteiger partial charge is 0.125 e. The molecule has 1 aliphatic carbocycles. The van der Waals surface area contributed by atoms with E-state index >= 15 is 4.39 Å². The molecule has 0 unspecified atom stereocenters. The number of anilines is 1. The number of aliphatic hydroxyl groups is 1. The van der Waals surface area contributed by atoms with E-state index in [4.69, 9.17) is 5.73 Å². The molecule has 28 heavy (non-hydrogen) atoms. The Labute approximate surface area is 189 Å². The van der Waals surface area contributed by atoms with E-state index in [-0.39, 0.29) is 42.6 Å². The molecule has 0 radical (unpaired) electrons. The van der Waals surface area contributed by atoms with Crippen molar-refractivity contribution in [3.8, 4) is 0 Å². The van der Waals surface area contributed by atoms with Crippen LogP contribution in [0.1, 0.15) is 54.4 Å². The van der Waals surface area contributed by atoms with Crippen molar-refractivity contribution in [2.75, 3.05) is 5.73 Å². The van der Waals surface area contributed by atoms with Gasteiger partial charge in [-0.1, -0.05) is 55.0 Å². The van der Waals surface area contributed by atoms with Gasteiger partial charge in [-0.2, -0.15) is 11.6 Å². The Hall–Kier alpha value is -1.28. The van der Waals surface area contributed by atoms with Gasteiger partial charge >= 0.3 is 0 Å². The molecule has 2 aromatic carbocycles. The minimum atomic E-state index is -0.456. The van der Waals surface area contributed by atoms with E-state index in [2.05, 4.69) is 0 Å². The average Bonchev–Trinajstić information content (AvgIpc) is 2.59. The second-order valence-electron chi connectivity index (χ2n) is 7.36. The molecule has 1 saturated carbocycles. The van der Waals surface area contributed by atoms with Gasteiger partial charge in [-0.25, -0.2) is 8.78 Å². The van der Waals surface area contributed by atoms with E-state index in [9.17, 15) is 9.50 Å². The minimum Gasteiger partial charge on any atom is -0.458 e. The van der Waals surface area contributed by atoms with Crippen molar-refractivity contribution < 1.29 is 45.0 Å². The summed E-state index contributed by atoms with van der Waals surface area (Å²) in [5, 5.41) is 9.28. The first kappa shape index (κ1) is 23.0. The van der Waals surface area contributed by atoms with Crippen molar-refractivity contribution in [1.29, 1.82) is 0 Å². The van der Waals surface area contributed by atoms with E-state index in [0.717, 1.165) is 30.9 Å².